The van der Waals surface area contributed by atoms with Crippen LogP contribution in [0.3, 0.4) is 0 Å². The van der Waals surface area contributed by atoms with Crippen molar-refractivity contribution in [3.8, 4) is 5.75 Å². The monoisotopic (exact) mass is 396 g/mol. The zero-order chi connectivity index (χ0) is 17.6. The van der Waals surface area contributed by atoms with Crippen molar-refractivity contribution in [2.75, 3.05) is 44.7 Å². The summed E-state index contributed by atoms with van der Waals surface area (Å²) in [5.74, 6) is 0.967. The Hall–Kier alpha value is -1.34. The van der Waals surface area contributed by atoms with Crippen LogP contribution < -0.4 is 15.0 Å². The molecule has 1 unspecified atom stereocenters. The predicted molar refractivity (Wildman–Crippen MR) is 112 cm³/mol. The highest BCUT2D eigenvalue weighted by molar-refractivity contribution is 7.15. The van der Waals surface area contributed by atoms with Gasteiger partial charge in [-0.1, -0.05) is 18.2 Å². The van der Waals surface area contributed by atoms with Gasteiger partial charge in [-0.25, -0.2) is 4.98 Å². The molecule has 1 fully saturated rings. The lowest BCUT2D eigenvalue weighted by Gasteiger charge is -2.36. The minimum absolute atomic E-state index is 0. The summed E-state index contributed by atoms with van der Waals surface area (Å²) in [5, 5.41) is 4.65. The summed E-state index contributed by atoms with van der Waals surface area (Å²) in [7, 11) is 1.75. The quantitative estimate of drug-likeness (QED) is 0.774. The van der Waals surface area contributed by atoms with Crippen LogP contribution in [-0.2, 0) is 6.54 Å². The van der Waals surface area contributed by atoms with Gasteiger partial charge in [0.25, 0.3) is 0 Å². The lowest BCUT2D eigenvalue weighted by molar-refractivity contribution is 0.152. The van der Waals surface area contributed by atoms with E-state index in [1.54, 1.807) is 7.11 Å². The molecule has 0 bridgehead atoms. The zero-order valence-corrected chi connectivity index (χ0v) is 17.4. The molecule has 7 heteroatoms. The van der Waals surface area contributed by atoms with Crippen LogP contribution in [0.4, 0.5) is 5.13 Å². The second-order valence-corrected chi connectivity index (χ2v) is 7.31. The third kappa shape index (κ3) is 4.68. The number of anilines is 1. The van der Waals surface area contributed by atoms with E-state index in [0.717, 1.165) is 50.1 Å². The number of rotatable bonds is 7. The fraction of sp³-hybridized carbons (Fsp3) is 0.526. The maximum Gasteiger partial charge on any atom is 0.185 e. The molecule has 1 saturated heterocycles. The van der Waals surface area contributed by atoms with E-state index >= 15 is 0 Å². The number of nitrogens with one attached hydrogen (secondary N) is 1. The van der Waals surface area contributed by atoms with E-state index in [1.807, 2.05) is 29.7 Å². The molecule has 0 radical (unpaired) electrons. The first-order valence-electron chi connectivity index (χ1n) is 9.04. The first kappa shape index (κ1) is 21.0. The molecule has 3 rings (SSSR count). The van der Waals surface area contributed by atoms with Gasteiger partial charge in [0.2, 0.25) is 0 Å². The minimum Gasteiger partial charge on any atom is -0.496 e. The van der Waals surface area contributed by atoms with E-state index in [-0.39, 0.29) is 12.4 Å². The highest BCUT2D eigenvalue weighted by Crippen LogP contribution is 2.32. The first-order chi connectivity index (χ1) is 12.3. The smallest absolute Gasteiger partial charge is 0.185 e. The maximum atomic E-state index is 5.59. The van der Waals surface area contributed by atoms with Crippen molar-refractivity contribution in [1.82, 2.24) is 15.2 Å². The average molecular weight is 397 g/mol. The number of hydrogen-bond acceptors (Lipinski definition) is 6. The third-order valence-electron chi connectivity index (χ3n) is 4.79. The fourth-order valence-electron chi connectivity index (χ4n) is 3.39. The number of methoxy groups -OCH3 is 1. The molecule has 144 valence electrons. The Morgan fingerprint density at radius 3 is 2.81 bits per heavy atom. The van der Waals surface area contributed by atoms with Crippen LogP contribution >= 0.6 is 23.7 Å². The highest BCUT2D eigenvalue weighted by Gasteiger charge is 2.26. The average Bonchev–Trinajstić information content (AvgIpc) is 3.11. The van der Waals surface area contributed by atoms with E-state index in [2.05, 4.69) is 46.1 Å². The summed E-state index contributed by atoms with van der Waals surface area (Å²) in [6.45, 7) is 10.3. The Balaban J connectivity index is 0.00000243. The molecule has 0 saturated carbocycles. The number of halogens is 1. The number of ether oxygens (including phenoxy) is 1. The molecule has 1 aliphatic rings. The van der Waals surface area contributed by atoms with Crippen molar-refractivity contribution in [3.05, 3.63) is 40.9 Å². The summed E-state index contributed by atoms with van der Waals surface area (Å²) >= 11 is 1.81. The molecule has 2 aromatic rings. The van der Waals surface area contributed by atoms with Gasteiger partial charge in [0, 0.05) is 55.9 Å². The SMILES string of the molecule is CCN(CC)c1ncc(CN2CCNCC2c2ccccc2OC)s1.Cl. The number of para-hydroxylation sites is 1. The molecule has 1 atom stereocenters. The van der Waals surface area contributed by atoms with E-state index < -0.39 is 0 Å². The third-order valence-corrected chi connectivity index (χ3v) is 5.83. The van der Waals surface area contributed by atoms with Crippen molar-refractivity contribution in [2.45, 2.75) is 26.4 Å². The second kappa shape index (κ2) is 10.1. The number of hydrogen-bond donors (Lipinski definition) is 1. The Labute approximate surface area is 166 Å². The largest absolute Gasteiger partial charge is 0.496 e. The summed E-state index contributed by atoms with van der Waals surface area (Å²) < 4.78 is 5.59. The van der Waals surface area contributed by atoms with Gasteiger partial charge in [0.1, 0.15) is 5.75 Å². The Kier molecular flexibility index (Phi) is 8.15. The number of benzene rings is 1. The van der Waals surface area contributed by atoms with Crippen molar-refractivity contribution in [1.29, 1.82) is 0 Å². The van der Waals surface area contributed by atoms with Gasteiger partial charge in [-0.05, 0) is 19.9 Å². The van der Waals surface area contributed by atoms with E-state index in [0.29, 0.717) is 6.04 Å². The summed E-state index contributed by atoms with van der Waals surface area (Å²) in [5.41, 5.74) is 1.26. The van der Waals surface area contributed by atoms with Crippen molar-refractivity contribution in [3.63, 3.8) is 0 Å². The second-order valence-electron chi connectivity index (χ2n) is 6.21. The van der Waals surface area contributed by atoms with Crippen LogP contribution in [0.15, 0.2) is 30.5 Å². The van der Waals surface area contributed by atoms with Crippen LogP contribution in [0.25, 0.3) is 0 Å². The minimum atomic E-state index is 0. The van der Waals surface area contributed by atoms with Crippen LogP contribution in [0.2, 0.25) is 0 Å². The van der Waals surface area contributed by atoms with Gasteiger partial charge in [-0.3, -0.25) is 4.90 Å². The van der Waals surface area contributed by atoms with Gasteiger partial charge in [0.05, 0.1) is 13.2 Å². The summed E-state index contributed by atoms with van der Waals surface area (Å²) in [6.07, 6.45) is 2.04. The predicted octanol–water partition coefficient (Wildman–Crippen LogP) is 3.57. The van der Waals surface area contributed by atoms with Crippen LogP contribution in [0.1, 0.15) is 30.3 Å². The molecule has 1 aromatic heterocycles. The van der Waals surface area contributed by atoms with Gasteiger partial charge in [0.15, 0.2) is 5.13 Å². The number of thiazole rings is 1. The lowest BCUT2D eigenvalue weighted by Crippen LogP contribution is -2.45. The number of aromatic nitrogens is 1. The highest BCUT2D eigenvalue weighted by atomic mass is 35.5. The molecule has 0 spiro atoms. The van der Waals surface area contributed by atoms with E-state index in [9.17, 15) is 0 Å². The lowest BCUT2D eigenvalue weighted by atomic mass is 10.0. The van der Waals surface area contributed by atoms with E-state index in [1.165, 1.54) is 10.4 Å². The molecular weight excluding hydrogens is 368 g/mol. The maximum absolute atomic E-state index is 5.59. The van der Waals surface area contributed by atoms with Crippen molar-refractivity contribution in [2.24, 2.45) is 0 Å². The van der Waals surface area contributed by atoms with Gasteiger partial charge < -0.3 is 15.0 Å². The topological polar surface area (TPSA) is 40.6 Å². The van der Waals surface area contributed by atoms with Crippen molar-refractivity contribution < 1.29 is 4.74 Å². The van der Waals surface area contributed by atoms with Crippen LogP contribution in [0.5, 0.6) is 5.75 Å². The molecule has 1 aliphatic heterocycles. The molecule has 2 heterocycles. The van der Waals surface area contributed by atoms with Crippen LogP contribution in [-0.4, -0.2) is 49.7 Å². The fourth-order valence-corrected chi connectivity index (χ4v) is 4.46. The summed E-state index contributed by atoms with van der Waals surface area (Å²) in [4.78, 5) is 10.8. The molecule has 26 heavy (non-hydrogen) atoms. The Morgan fingerprint density at radius 1 is 1.31 bits per heavy atom. The van der Waals surface area contributed by atoms with Gasteiger partial charge in [-0.15, -0.1) is 23.7 Å². The standard InChI is InChI=1S/C19H28N4OS.ClH/c1-4-22(5-2)19-21-12-15(25-19)14-23-11-10-20-13-17(23)16-8-6-7-9-18(16)24-3;/h6-9,12,17,20H,4-5,10-11,13-14H2,1-3H3;1H. The van der Waals surface area contributed by atoms with Crippen LogP contribution in [0, 0.1) is 0 Å². The zero-order valence-electron chi connectivity index (χ0n) is 15.8. The summed E-state index contributed by atoms with van der Waals surface area (Å²) in [6, 6.07) is 8.67. The Morgan fingerprint density at radius 2 is 2.08 bits per heavy atom. The molecule has 1 N–H and O–H groups in total. The Bertz CT molecular complexity index is 677. The molecule has 1 aromatic carbocycles. The number of nitrogens with zero attached hydrogens (tertiary/aromatic N) is 3. The first-order valence-corrected chi connectivity index (χ1v) is 9.85. The van der Waals surface area contributed by atoms with Gasteiger partial charge in [-0.2, -0.15) is 0 Å². The van der Waals surface area contributed by atoms with E-state index in [4.69, 9.17) is 4.74 Å². The molecule has 0 aliphatic carbocycles. The van der Waals surface area contributed by atoms with Crippen molar-refractivity contribution >= 4 is 28.9 Å². The molecular formula is C19H29ClN4OS. The van der Waals surface area contributed by atoms with Gasteiger partial charge >= 0.3 is 0 Å². The number of piperazine rings is 1. The normalized spacial score (nSPS) is 17.6. The molecule has 5 nitrogen and oxygen atoms in total. The molecule has 0 amide bonds.